The minimum absolute atomic E-state index is 0.487. The highest BCUT2D eigenvalue weighted by molar-refractivity contribution is 5.64. The number of benzene rings is 1. The third-order valence-corrected chi connectivity index (χ3v) is 2.64. The molecule has 2 N–H and O–H groups in total. The number of nitrogens with zero attached hydrogens (tertiary/aromatic N) is 2. The average molecular weight is 268 g/mol. The maximum absolute atomic E-state index is 5.28. The van der Waals surface area contributed by atoms with Gasteiger partial charge < -0.3 is 15.4 Å². The second-order valence-electron chi connectivity index (χ2n) is 3.91. The minimum Gasteiger partial charge on any atom is -0.495 e. The lowest BCUT2D eigenvalue weighted by Crippen LogP contribution is -2.03. The van der Waals surface area contributed by atoms with Gasteiger partial charge in [-0.3, -0.25) is 0 Å². The molecule has 0 aliphatic rings. The van der Waals surface area contributed by atoms with Crippen molar-refractivity contribution in [3.63, 3.8) is 0 Å². The molecule has 0 fully saturated rings. The van der Waals surface area contributed by atoms with Crippen LogP contribution < -0.4 is 15.4 Å². The van der Waals surface area contributed by atoms with Crippen LogP contribution in [0.3, 0.4) is 0 Å². The molecule has 5 heteroatoms. The van der Waals surface area contributed by atoms with E-state index in [9.17, 15) is 0 Å². The molecule has 2 rings (SSSR count). The molecule has 20 heavy (non-hydrogen) atoms. The number of anilines is 3. The molecule has 2 aromatic rings. The van der Waals surface area contributed by atoms with Crippen molar-refractivity contribution in [2.75, 3.05) is 24.8 Å². The fourth-order valence-electron chi connectivity index (χ4n) is 1.73. The molecule has 0 saturated heterocycles. The first-order valence-electron chi connectivity index (χ1n) is 6.16. The van der Waals surface area contributed by atoms with Gasteiger partial charge in [-0.15, -0.1) is 5.92 Å². The molecular formula is C15H16N4O. The highest BCUT2D eigenvalue weighted by Crippen LogP contribution is 2.26. The van der Waals surface area contributed by atoms with E-state index in [1.165, 1.54) is 0 Å². The molecule has 0 aliphatic heterocycles. The first-order valence-corrected chi connectivity index (χ1v) is 6.16. The normalized spacial score (nSPS) is 9.35. The first-order chi connectivity index (χ1) is 9.78. The molecule has 0 amide bonds. The van der Waals surface area contributed by atoms with Gasteiger partial charge in [-0.2, -0.15) is 4.98 Å². The number of aromatic nitrogens is 2. The molecule has 0 bridgehead atoms. The molecule has 0 unspecified atom stereocenters. The highest BCUT2D eigenvalue weighted by Gasteiger charge is 2.07. The number of methoxy groups -OCH3 is 1. The Bertz CT molecular complexity index is 658. The Labute approximate surface area is 118 Å². The smallest absolute Gasteiger partial charge is 0.229 e. The Balaban J connectivity index is 2.31. The summed E-state index contributed by atoms with van der Waals surface area (Å²) in [5.41, 5.74) is 1.58. The number of rotatable bonds is 4. The van der Waals surface area contributed by atoms with E-state index in [1.807, 2.05) is 24.3 Å². The lowest BCUT2D eigenvalue weighted by atomic mass is 10.3. The van der Waals surface area contributed by atoms with Gasteiger partial charge in [-0.05, 0) is 19.1 Å². The van der Waals surface area contributed by atoms with E-state index >= 15 is 0 Å². The van der Waals surface area contributed by atoms with Crippen LogP contribution >= 0.6 is 0 Å². The molecule has 5 nitrogen and oxygen atoms in total. The summed E-state index contributed by atoms with van der Waals surface area (Å²) in [4.78, 5) is 8.65. The maximum Gasteiger partial charge on any atom is 0.229 e. The fraction of sp³-hybridized carbons (Fsp3) is 0.200. The van der Waals surface area contributed by atoms with Crippen molar-refractivity contribution in [1.29, 1.82) is 0 Å². The van der Waals surface area contributed by atoms with E-state index < -0.39 is 0 Å². The van der Waals surface area contributed by atoms with Crippen molar-refractivity contribution in [3.05, 3.63) is 36.0 Å². The Morgan fingerprint density at radius 3 is 2.75 bits per heavy atom. The van der Waals surface area contributed by atoms with Crippen molar-refractivity contribution in [3.8, 4) is 17.6 Å². The maximum atomic E-state index is 5.28. The molecular weight excluding hydrogens is 252 g/mol. The van der Waals surface area contributed by atoms with Gasteiger partial charge in [0.15, 0.2) is 0 Å². The van der Waals surface area contributed by atoms with E-state index in [4.69, 9.17) is 4.74 Å². The predicted octanol–water partition coefficient (Wildman–Crippen LogP) is 2.64. The minimum atomic E-state index is 0.487. The summed E-state index contributed by atoms with van der Waals surface area (Å²) < 4.78 is 5.28. The zero-order valence-corrected chi connectivity index (χ0v) is 11.7. The van der Waals surface area contributed by atoms with E-state index in [2.05, 4.69) is 32.4 Å². The van der Waals surface area contributed by atoms with E-state index in [0.29, 0.717) is 11.8 Å². The molecule has 1 aromatic heterocycles. The van der Waals surface area contributed by atoms with Crippen LogP contribution in [0.25, 0.3) is 0 Å². The molecule has 0 atom stereocenters. The zero-order chi connectivity index (χ0) is 14.4. The first kappa shape index (κ1) is 13.7. The van der Waals surface area contributed by atoms with Crippen LogP contribution in [0.4, 0.5) is 17.5 Å². The van der Waals surface area contributed by atoms with Gasteiger partial charge in [0.1, 0.15) is 11.6 Å². The van der Waals surface area contributed by atoms with Gasteiger partial charge in [-0.25, -0.2) is 4.98 Å². The summed E-state index contributed by atoms with van der Waals surface area (Å²) in [6.07, 6.45) is 1.69. The van der Waals surface area contributed by atoms with Crippen LogP contribution in [0.1, 0.15) is 12.5 Å². The summed E-state index contributed by atoms with van der Waals surface area (Å²) in [5, 5.41) is 6.14. The second-order valence-corrected chi connectivity index (χ2v) is 3.91. The van der Waals surface area contributed by atoms with Crippen molar-refractivity contribution < 1.29 is 4.74 Å². The molecule has 0 saturated carbocycles. The summed E-state index contributed by atoms with van der Waals surface area (Å²) in [7, 11) is 3.43. The molecule has 102 valence electrons. The van der Waals surface area contributed by atoms with Crippen molar-refractivity contribution in [1.82, 2.24) is 9.97 Å². The van der Waals surface area contributed by atoms with Crippen molar-refractivity contribution in [2.24, 2.45) is 0 Å². The van der Waals surface area contributed by atoms with Gasteiger partial charge in [0.05, 0.1) is 24.6 Å². The van der Waals surface area contributed by atoms with Crippen LogP contribution in [-0.4, -0.2) is 24.1 Å². The van der Waals surface area contributed by atoms with Gasteiger partial charge >= 0.3 is 0 Å². The van der Waals surface area contributed by atoms with Gasteiger partial charge in [0.25, 0.3) is 0 Å². The summed E-state index contributed by atoms with van der Waals surface area (Å²) in [5.74, 6) is 7.70. The number of hydrogen-bond acceptors (Lipinski definition) is 5. The van der Waals surface area contributed by atoms with E-state index in [0.717, 1.165) is 17.0 Å². The Hall–Kier alpha value is -2.74. The van der Waals surface area contributed by atoms with E-state index in [-0.39, 0.29) is 0 Å². The lowest BCUT2D eigenvalue weighted by Gasteiger charge is -2.10. The summed E-state index contributed by atoms with van der Waals surface area (Å²) in [6.45, 7) is 1.78. The van der Waals surface area contributed by atoms with Crippen molar-refractivity contribution >= 4 is 17.5 Å². The zero-order valence-electron chi connectivity index (χ0n) is 11.7. The molecule has 0 radical (unpaired) electrons. The van der Waals surface area contributed by atoms with Gasteiger partial charge in [-0.1, -0.05) is 18.1 Å². The number of nitrogens with one attached hydrogen (secondary N) is 2. The largest absolute Gasteiger partial charge is 0.495 e. The topological polar surface area (TPSA) is 59.1 Å². The monoisotopic (exact) mass is 268 g/mol. The summed E-state index contributed by atoms with van der Waals surface area (Å²) in [6, 6.07) is 7.60. The Morgan fingerprint density at radius 2 is 2.05 bits per heavy atom. The fourth-order valence-corrected chi connectivity index (χ4v) is 1.73. The van der Waals surface area contributed by atoms with Gasteiger partial charge in [0.2, 0.25) is 5.95 Å². The SMILES string of the molecule is CC#Cc1cnc(Nc2ccccc2OC)nc1NC. The molecule has 0 aliphatic carbocycles. The Morgan fingerprint density at radius 1 is 1.25 bits per heavy atom. The van der Waals surface area contributed by atoms with Crippen LogP contribution in [0.5, 0.6) is 5.75 Å². The average Bonchev–Trinajstić information content (AvgIpc) is 2.49. The van der Waals surface area contributed by atoms with Crippen molar-refractivity contribution in [2.45, 2.75) is 6.92 Å². The van der Waals surface area contributed by atoms with Crippen LogP contribution in [0.2, 0.25) is 0 Å². The molecule has 1 aromatic carbocycles. The van der Waals surface area contributed by atoms with Crippen LogP contribution in [0.15, 0.2) is 30.5 Å². The second kappa shape index (κ2) is 6.43. The molecule has 1 heterocycles. The van der Waals surface area contributed by atoms with E-state index in [1.54, 1.807) is 27.3 Å². The lowest BCUT2D eigenvalue weighted by molar-refractivity contribution is 0.417. The highest BCUT2D eigenvalue weighted by atomic mass is 16.5. The molecule has 0 spiro atoms. The quantitative estimate of drug-likeness (QED) is 0.835. The standard InChI is InChI=1S/C15H16N4O/c1-4-7-11-10-17-15(19-14(11)16-2)18-12-8-5-6-9-13(12)20-3/h5-6,8-10H,1-3H3,(H2,16,17,18,19). The van der Waals surface area contributed by atoms with Gasteiger partial charge in [0, 0.05) is 7.05 Å². The number of ether oxygens (including phenoxy) is 1. The van der Waals surface area contributed by atoms with Crippen LogP contribution in [0, 0.1) is 11.8 Å². The summed E-state index contributed by atoms with van der Waals surface area (Å²) >= 11 is 0. The number of hydrogen-bond donors (Lipinski definition) is 2. The Kier molecular flexibility index (Phi) is 4.40. The predicted molar refractivity (Wildman–Crippen MR) is 80.4 cm³/mol. The number of para-hydroxylation sites is 2. The third-order valence-electron chi connectivity index (χ3n) is 2.64. The third kappa shape index (κ3) is 2.98. The van der Waals surface area contributed by atoms with Crippen LogP contribution in [-0.2, 0) is 0 Å².